The Morgan fingerprint density at radius 3 is 2.93 bits per heavy atom. The van der Waals surface area contributed by atoms with Gasteiger partial charge in [0.25, 0.3) is 0 Å². The molecule has 0 spiro atoms. The maximum absolute atomic E-state index is 13.4. The number of ether oxygens (including phenoxy) is 1. The molecule has 0 radical (unpaired) electrons. The molecule has 0 aromatic heterocycles. The van der Waals surface area contributed by atoms with Gasteiger partial charge >= 0.3 is 0 Å². The number of para-hydroxylation sites is 1. The lowest BCUT2D eigenvalue weighted by atomic mass is 10.2. The third kappa shape index (κ3) is 3.92. The van der Waals surface area contributed by atoms with E-state index in [9.17, 15) is 4.39 Å². The third-order valence-electron chi connectivity index (χ3n) is 1.93. The summed E-state index contributed by atoms with van der Waals surface area (Å²) in [4.78, 5) is 0. The third-order valence-corrected chi connectivity index (χ3v) is 2.92. The second-order valence-corrected chi connectivity index (χ2v) is 4.31. The average molecular weight is 249 g/mol. The van der Waals surface area contributed by atoms with Gasteiger partial charge in [-0.3, -0.25) is 0 Å². The van der Waals surface area contributed by atoms with E-state index in [0.29, 0.717) is 17.9 Å². The highest BCUT2D eigenvalue weighted by atomic mass is 35.5. The molecule has 0 aliphatic heterocycles. The quantitative estimate of drug-likeness (QED) is 0.561. The summed E-state index contributed by atoms with van der Waals surface area (Å²) in [6.07, 6.45) is 2.95. The van der Waals surface area contributed by atoms with Crippen LogP contribution in [0.2, 0.25) is 0 Å². The standard InChI is InChI=1S/C11H14ClFOS/c1-15-7-3-6-14-11-9(8-12)4-2-5-10(11)13/h2,4-5H,3,6-8H2,1H3. The molecular formula is C11H14ClFOS. The van der Waals surface area contributed by atoms with Crippen LogP contribution in [0.3, 0.4) is 0 Å². The number of alkyl halides is 1. The topological polar surface area (TPSA) is 9.23 Å². The Labute approximate surface area is 99.0 Å². The van der Waals surface area contributed by atoms with E-state index in [4.69, 9.17) is 16.3 Å². The molecule has 0 aliphatic carbocycles. The van der Waals surface area contributed by atoms with Gasteiger partial charge in [-0.25, -0.2) is 4.39 Å². The minimum atomic E-state index is -0.336. The van der Waals surface area contributed by atoms with Gasteiger partial charge in [-0.15, -0.1) is 11.6 Å². The van der Waals surface area contributed by atoms with Crippen molar-refractivity contribution < 1.29 is 9.13 Å². The van der Waals surface area contributed by atoms with Gasteiger partial charge < -0.3 is 4.74 Å². The molecule has 15 heavy (non-hydrogen) atoms. The summed E-state index contributed by atoms with van der Waals surface area (Å²) in [7, 11) is 0. The van der Waals surface area contributed by atoms with E-state index in [-0.39, 0.29) is 11.7 Å². The second-order valence-electron chi connectivity index (χ2n) is 3.06. The van der Waals surface area contributed by atoms with E-state index in [0.717, 1.165) is 12.2 Å². The fourth-order valence-corrected chi connectivity index (χ4v) is 1.81. The second kappa shape index (κ2) is 6.96. The van der Waals surface area contributed by atoms with Crippen LogP contribution in [0.25, 0.3) is 0 Å². The first-order chi connectivity index (χ1) is 7.29. The van der Waals surface area contributed by atoms with Gasteiger partial charge in [0.1, 0.15) is 0 Å². The van der Waals surface area contributed by atoms with Crippen LogP contribution in [-0.4, -0.2) is 18.6 Å². The predicted molar refractivity (Wildman–Crippen MR) is 64.5 cm³/mol. The molecule has 0 aliphatic rings. The number of hydrogen-bond donors (Lipinski definition) is 0. The lowest BCUT2D eigenvalue weighted by molar-refractivity contribution is 0.300. The lowest BCUT2D eigenvalue weighted by Gasteiger charge is -2.10. The number of hydrogen-bond acceptors (Lipinski definition) is 2. The summed E-state index contributed by atoms with van der Waals surface area (Å²) in [5, 5.41) is 0. The molecule has 0 unspecified atom stereocenters. The summed E-state index contributed by atoms with van der Waals surface area (Å²) < 4.78 is 18.7. The SMILES string of the molecule is CSCCCOc1c(F)cccc1CCl. The zero-order valence-electron chi connectivity index (χ0n) is 8.63. The van der Waals surface area contributed by atoms with Crippen LogP contribution in [0, 0.1) is 5.82 Å². The van der Waals surface area contributed by atoms with E-state index in [2.05, 4.69) is 0 Å². The first kappa shape index (κ1) is 12.7. The molecule has 0 N–H and O–H groups in total. The molecule has 0 atom stereocenters. The molecule has 1 aromatic carbocycles. The van der Waals surface area contributed by atoms with Crippen molar-refractivity contribution in [2.24, 2.45) is 0 Å². The van der Waals surface area contributed by atoms with E-state index in [1.165, 1.54) is 6.07 Å². The minimum absolute atomic E-state index is 0.273. The molecule has 84 valence electrons. The average Bonchev–Trinajstić information content (AvgIpc) is 2.26. The highest BCUT2D eigenvalue weighted by Crippen LogP contribution is 2.24. The zero-order valence-corrected chi connectivity index (χ0v) is 10.2. The molecule has 1 rings (SSSR count). The summed E-state index contributed by atoms with van der Waals surface area (Å²) in [5.41, 5.74) is 0.709. The van der Waals surface area contributed by atoms with Crippen molar-refractivity contribution in [1.82, 2.24) is 0 Å². The maximum atomic E-state index is 13.4. The van der Waals surface area contributed by atoms with Crippen molar-refractivity contribution in [3.05, 3.63) is 29.6 Å². The Bertz CT molecular complexity index is 307. The Morgan fingerprint density at radius 2 is 2.27 bits per heavy atom. The summed E-state index contributed by atoms with van der Waals surface area (Å²) in [6, 6.07) is 4.81. The van der Waals surface area contributed by atoms with Crippen molar-refractivity contribution in [3.63, 3.8) is 0 Å². The van der Waals surface area contributed by atoms with Gasteiger partial charge in [0.15, 0.2) is 11.6 Å². The monoisotopic (exact) mass is 248 g/mol. The lowest BCUT2D eigenvalue weighted by Crippen LogP contribution is -2.02. The smallest absolute Gasteiger partial charge is 0.165 e. The van der Waals surface area contributed by atoms with E-state index in [1.54, 1.807) is 23.9 Å². The van der Waals surface area contributed by atoms with E-state index in [1.807, 2.05) is 6.26 Å². The molecule has 0 amide bonds. The number of thioether (sulfide) groups is 1. The van der Waals surface area contributed by atoms with Crippen LogP contribution in [0.1, 0.15) is 12.0 Å². The molecular weight excluding hydrogens is 235 g/mol. The molecule has 0 fully saturated rings. The van der Waals surface area contributed by atoms with Crippen molar-refractivity contribution in [3.8, 4) is 5.75 Å². The Hall–Kier alpha value is -0.410. The van der Waals surface area contributed by atoms with Gasteiger partial charge in [-0.1, -0.05) is 12.1 Å². The van der Waals surface area contributed by atoms with E-state index < -0.39 is 0 Å². The summed E-state index contributed by atoms with van der Waals surface area (Å²) >= 11 is 7.44. The van der Waals surface area contributed by atoms with Gasteiger partial charge in [-0.05, 0) is 24.5 Å². The maximum Gasteiger partial charge on any atom is 0.165 e. The molecule has 0 bridgehead atoms. The van der Waals surface area contributed by atoms with Crippen LogP contribution in [0.5, 0.6) is 5.75 Å². The zero-order chi connectivity index (χ0) is 11.1. The van der Waals surface area contributed by atoms with Crippen LogP contribution in [-0.2, 0) is 5.88 Å². The van der Waals surface area contributed by atoms with Gasteiger partial charge in [0, 0.05) is 5.56 Å². The first-order valence-corrected chi connectivity index (χ1v) is 6.67. The Kier molecular flexibility index (Phi) is 5.88. The summed E-state index contributed by atoms with van der Waals surface area (Å²) in [6.45, 7) is 0.533. The Morgan fingerprint density at radius 1 is 1.47 bits per heavy atom. The van der Waals surface area contributed by atoms with Crippen molar-refractivity contribution >= 4 is 23.4 Å². The number of rotatable bonds is 6. The largest absolute Gasteiger partial charge is 0.490 e. The molecule has 0 saturated carbocycles. The first-order valence-electron chi connectivity index (χ1n) is 4.74. The van der Waals surface area contributed by atoms with Gasteiger partial charge in [-0.2, -0.15) is 11.8 Å². The fourth-order valence-electron chi connectivity index (χ4n) is 1.20. The van der Waals surface area contributed by atoms with Crippen molar-refractivity contribution in [2.45, 2.75) is 12.3 Å². The molecule has 4 heteroatoms. The molecule has 1 aromatic rings. The van der Waals surface area contributed by atoms with Crippen LogP contribution in [0.4, 0.5) is 4.39 Å². The van der Waals surface area contributed by atoms with Crippen LogP contribution < -0.4 is 4.74 Å². The minimum Gasteiger partial charge on any atom is -0.490 e. The molecule has 0 saturated heterocycles. The Balaban J connectivity index is 2.58. The van der Waals surface area contributed by atoms with Gasteiger partial charge in [0.05, 0.1) is 12.5 Å². The van der Waals surface area contributed by atoms with Crippen molar-refractivity contribution in [1.29, 1.82) is 0 Å². The highest BCUT2D eigenvalue weighted by Gasteiger charge is 2.08. The van der Waals surface area contributed by atoms with Crippen LogP contribution in [0.15, 0.2) is 18.2 Å². The van der Waals surface area contributed by atoms with Crippen molar-refractivity contribution in [2.75, 3.05) is 18.6 Å². The number of halogens is 2. The normalized spacial score (nSPS) is 10.3. The number of benzene rings is 1. The molecule has 0 heterocycles. The fraction of sp³-hybridized carbons (Fsp3) is 0.455. The van der Waals surface area contributed by atoms with E-state index >= 15 is 0 Å². The highest BCUT2D eigenvalue weighted by molar-refractivity contribution is 7.98. The summed E-state index contributed by atoms with van der Waals surface area (Å²) in [5.74, 6) is 1.26. The molecule has 1 nitrogen and oxygen atoms in total. The predicted octanol–water partition coefficient (Wildman–Crippen LogP) is 3.70. The van der Waals surface area contributed by atoms with Gasteiger partial charge in [0.2, 0.25) is 0 Å². The van der Waals surface area contributed by atoms with Crippen LogP contribution >= 0.6 is 23.4 Å².